The second-order valence-electron chi connectivity index (χ2n) is 11.3. The van der Waals surface area contributed by atoms with Gasteiger partial charge in [-0.25, -0.2) is 0 Å². The first-order chi connectivity index (χ1) is 17.5. The lowest BCUT2D eigenvalue weighted by atomic mass is 10.0. The number of unbranched alkanes of at least 4 members (excludes halogenated alkanes) is 9. The molecule has 36 heavy (non-hydrogen) atoms. The van der Waals surface area contributed by atoms with Gasteiger partial charge >= 0.3 is 0 Å². The van der Waals surface area contributed by atoms with Crippen molar-refractivity contribution in [3.05, 3.63) is 84.8 Å². The normalized spacial score (nSPS) is 13.1. The van der Waals surface area contributed by atoms with E-state index >= 15 is 0 Å². The fourth-order valence-electron chi connectivity index (χ4n) is 5.46. The van der Waals surface area contributed by atoms with Crippen LogP contribution in [0.5, 0.6) is 0 Å². The van der Waals surface area contributed by atoms with Crippen LogP contribution in [0.25, 0.3) is 0 Å². The van der Waals surface area contributed by atoms with Crippen LogP contribution in [0.3, 0.4) is 0 Å². The molecule has 2 nitrogen and oxygen atoms in total. The van der Waals surface area contributed by atoms with Crippen molar-refractivity contribution in [3.8, 4) is 0 Å². The fraction of sp³-hybridized carbons (Fsp3) is 0.515. The molecule has 3 heteroatoms. The zero-order valence-electron chi connectivity index (χ0n) is 23.2. The first kappa shape index (κ1) is 28.5. The Balaban J connectivity index is 1.75. The number of hydrogen-bond donors (Lipinski definition) is 0. The van der Waals surface area contributed by atoms with Gasteiger partial charge in [0.05, 0.1) is 6.26 Å². The molecular formula is C33H48O2Si. The van der Waals surface area contributed by atoms with Gasteiger partial charge in [0.15, 0.2) is 0 Å². The Morgan fingerprint density at radius 3 is 1.61 bits per heavy atom. The van der Waals surface area contributed by atoms with E-state index in [9.17, 15) is 0 Å². The van der Waals surface area contributed by atoms with Gasteiger partial charge in [-0.05, 0) is 34.0 Å². The van der Waals surface area contributed by atoms with Gasteiger partial charge in [0.25, 0.3) is 8.32 Å². The maximum Gasteiger partial charge on any atom is 0.262 e. The quantitative estimate of drug-likeness (QED) is 0.143. The zero-order chi connectivity index (χ0) is 25.7. The van der Waals surface area contributed by atoms with Crippen molar-refractivity contribution >= 4 is 18.7 Å². The fourth-order valence-corrected chi connectivity index (χ4v) is 10.1. The van der Waals surface area contributed by atoms with Crippen molar-refractivity contribution in [3.63, 3.8) is 0 Å². The molecule has 2 aromatic carbocycles. The molecule has 0 unspecified atom stereocenters. The van der Waals surface area contributed by atoms with Gasteiger partial charge in [-0.15, -0.1) is 0 Å². The summed E-state index contributed by atoms with van der Waals surface area (Å²) in [4.78, 5) is 0. The highest BCUT2D eigenvalue weighted by Crippen LogP contribution is 2.41. The first-order valence-corrected chi connectivity index (χ1v) is 16.2. The van der Waals surface area contributed by atoms with Gasteiger partial charge < -0.3 is 8.84 Å². The van der Waals surface area contributed by atoms with Crippen LogP contribution in [0.2, 0.25) is 5.04 Å². The molecule has 0 aliphatic rings. The number of rotatable bonds is 16. The van der Waals surface area contributed by atoms with E-state index in [2.05, 4.69) is 94.4 Å². The van der Waals surface area contributed by atoms with E-state index in [4.69, 9.17) is 8.84 Å². The van der Waals surface area contributed by atoms with E-state index in [0.717, 1.165) is 12.2 Å². The first-order valence-electron chi connectivity index (χ1n) is 14.3. The van der Waals surface area contributed by atoms with E-state index in [1.807, 2.05) is 6.07 Å². The van der Waals surface area contributed by atoms with Crippen molar-refractivity contribution < 1.29 is 8.84 Å². The van der Waals surface area contributed by atoms with Crippen molar-refractivity contribution in [2.24, 2.45) is 0 Å². The molecule has 0 fully saturated rings. The van der Waals surface area contributed by atoms with Crippen LogP contribution in [0.4, 0.5) is 0 Å². The maximum atomic E-state index is 7.45. The summed E-state index contributed by atoms with van der Waals surface area (Å²) in [7, 11) is -2.63. The van der Waals surface area contributed by atoms with Crippen LogP contribution < -0.4 is 10.4 Å². The van der Waals surface area contributed by atoms with Crippen LogP contribution in [-0.4, -0.2) is 8.32 Å². The molecule has 0 N–H and O–H groups in total. The summed E-state index contributed by atoms with van der Waals surface area (Å²) in [6.07, 6.45) is 16.1. The van der Waals surface area contributed by atoms with Crippen LogP contribution in [0.15, 0.2) is 83.5 Å². The molecule has 0 amide bonds. The minimum absolute atomic E-state index is 0.0413. The summed E-state index contributed by atoms with van der Waals surface area (Å²) < 4.78 is 13.4. The van der Waals surface area contributed by atoms with E-state index < -0.39 is 8.32 Å². The lowest BCUT2D eigenvalue weighted by Gasteiger charge is -2.45. The Bertz CT molecular complexity index is 905. The number of hydrogen-bond acceptors (Lipinski definition) is 2. The second kappa shape index (κ2) is 14.6. The van der Waals surface area contributed by atoms with E-state index in [1.165, 1.54) is 74.6 Å². The lowest BCUT2D eigenvalue weighted by Crippen LogP contribution is -2.66. The third-order valence-corrected chi connectivity index (χ3v) is 12.5. The summed E-state index contributed by atoms with van der Waals surface area (Å²) >= 11 is 0. The van der Waals surface area contributed by atoms with Gasteiger partial charge in [0, 0.05) is 0 Å². The Morgan fingerprint density at radius 1 is 0.667 bits per heavy atom. The SMILES string of the molecule is CCCCCCCCCCCC[C@@H](O[Si](c1ccccc1)(c1ccccc1)C(C)(C)C)c1ccco1. The minimum atomic E-state index is -2.63. The Kier molecular flexibility index (Phi) is 11.5. The van der Waals surface area contributed by atoms with Crippen molar-refractivity contribution in [1.29, 1.82) is 0 Å². The second-order valence-corrected chi connectivity index (χ2v) is 15.5. The largest absolute Gasteiger partial charge is 0.467 e. The molecule has 0 bridgehead atoms. The van der Waals surface area contributed by atoms with Crippen LogP contribution in [0, 0.1) is 0 Å². The minimum Gasteiger partial charge on any atom is -0.467 e. The van der Waals surface area contributed by atoms with E-state index in [1.54, 1.807) is 6.26 Å². The number of benzene rings is 2. The summed E-state index contributed by atoms with van der Waals surface area (Å²) in [5.41, 5.74) is 0. The van der Waals surface area contributed by atoms with E-state index in [-0.39, 0.29) is 11.1 Å². The van der Waals surface area contributed by atoms with Gasteiger partial charge in [-0.2, -0.15) is 0 Å². The maximum absolute atomic E-state index is 7.45. The predicted molar refractivity (Wildman–Crippen MR) is 157 cm³/mol. The molecule has 0 aliphatic heterocycles. The standard InChI is InChI=1S/C33H48O2Si/c1-5-6-7-8-9-10-11-12-13-20-26-32(31-27-21-28-34-31)35-36(33(2,3)4,29-22-16-14-17-23-29)30-24-18-15-19-25-30/h14-19,21-25,27-28,32H,5-13,20,26H2,1-4H3/t32-/m1/s1. The van der Waals surface area contributed by atoms with Gasteiger partial charge in [0.1, 0.15) is 11.9 Å². The summed E-state index contributed by atoms with van der Waals surface area (Å²) in [5.74, 6) is 0.957. The van der Waals surface area contributed by atoms with E-state index in [0.29, 0.717) is 0 Å². The molecular weight excluding hydrogens is 456 g/mol. The highest BCUT2D eigenvalue weighted by Gasteiger charge is 2.51. The third kappa shape index (κ3) is 7.70. The van der Waals surface area contributed by atoms with Crippen LogP contribution in [-0.2, 0) is 4.43 Å². The third-order valence-electron chi connectivity index (χ3n) is 7.42. The molecule has 0 saturated heterocycles. The van der Waals surface area contributed by atoms with Gasteiger partial charge in [-0.3, -0.25) is 0 Å². The number of furan rings is 1. The molecule has 1 heterocycles. The smallest absolute Gasteiger partial charge is 0.262 e. The Morgan fingerprint density at radius 2 is 1.17 bits per heavy atom. The zero-order valence-corrected chi connectivity index (χ0v) is 24.2. The summed E-state index contributed by atoms with van der Waals surface area (Å²) in [6, 6.07) is 26.0. The molecule has 0 aliphatic carbocycles. The van der Waals surface area contributed by atoms with Crippen LogP contribution in [0.1, 0.15) is 110 Å². The molecule has 196 valence electrons. The Labute approximate surface area is 221 Å². The van der Waals surface area contributed by atoms with Crippen molar-refractivity contribution in [1.82, 2.24) is 0 Å². The van der Waals surface area contributed by atoms with Crippen LogP contribution >= 0.6 is 0 Å². The van der Waals surface area contributed by atoms with Gasteiger partial charge in [0.2, 0.25) is 0 Å². The highest BCUT2D eigenvalue weighted by molar-refractivity contribution is 6.99. The summed E-state index contributed by atoms with van der Waals surface area (Å²) in [5, 5.41) is 2.60. The lowest BCUT2D eigenvalue weighted by molar-refractivity contribution is 0.150. The van der Waals surface area contributed by atoms with Crippen molar-refractivity contribution in [2.45, 2.75) is 109 Å². The average molecular weight is 505 g/mol. The van der Waals surface area contributed by atoms with Gasteiger partial charge in [-0.1, -0.05) is 153 Å². The van der Waals surface area contributed by atoms with Crippen molar-refractivity contribution in [2.75, 3.05) is 0 Å². The molecule has 0 radical (unpaired) electrons. The molecule has 3 aromatic rings. The molecule has 0 saturated carbocycles. The monoisotopic (exact) mass is 504 g/mol. The summed E-state index contributed by atoms with van der Waals surface area (Å²) in [6.45, 7) is 9.32. The molecule has 3 rings (SSSR count). The molecule has 1 aromatic heterocycles. The molecule has 1 atom stereocenters. The Hall–Kier alpha value is -2.10. The highest BCUT2D eigenvalue weighted by atomic mass is 28.4. The average Bonchev–Trinajstić information content (AvgIpc) is 3.42. The molecule has 0 spiro atoms. The predicted octanol–water partition coefficient (Wildman–Crippen LogP) is 9.21. The topological polar surface area (TPSA) is 22.4 Å².